The minimum absolute atomic E-state index is 0.0267. The fourth-order valence-corrected chi connectivity index (χ4v) is 3.57. The summed E-state index contributed by atoms with van der Waals surface area (Å²) in [6.07, 6.45) is 0.244. The van der Waals surface area contributed by atoms with Gasteiger partial charge in [-0.2, -0.15) is 0 Å². The van der Waals surface area contributed by atoms with Gasteiger partial charge in [0.2, 0.25) is 11.8 Å². The molecule has 1 unspecified atom stereocenters. The van der Waals surface area contributed by atoms with Gasteiger partial charge in [-0.25, -0.2) is 0 Å². The molecular weight excluding hydrogens is 432 g/mol. The van der Waals surface area contributed by atoms with Crippen molar-refractivity contribution in [2.75, 3.05) is 23.4 Å². The lowest BCUT2D eigenvalue weighted by molar-refractivity contribution is -0.118. The number of nitrogens with zero attached hydrogens (tertiary/aromatic N) is 3. The molecule has 1 aromatic heterocycles. The highest BCUT2D eigenvalue weighted by Crippen LogP contribution is 2.32. The number of carbonyl (C=O) groups excluding carboxylic acids is 2. The molecule has 9 heteroatoms. The van der Waals surface area contributed by atoms with Crippen molar-refractivity contribution in [3.05, 3.63) is 65.0 Å². The number of hydrogen-bond acceptors (Lipinski definition) is 6. The third-order valence-corrected chi connectivity index (χ3v) is 5.47. The highest BCUT2D eigenvalue weighted by molar-refractivity contribution is 6.30. The molecule has 2 heterocycles. The molecule has 0 radical (unpaired) electrons. The van der Waals surface area contributed by atoms with Gasteiger partial charge in [-0.1, -0.05) is 42.7 Å². The lowest BCUT2D eigenvalue weighted by Crippen LogP contribution is -2.24. The Labute approximate surface area is 190 Å². The van der Waals surface area contributed by atoms with E-state index in [4.69, 9.17) is 20.8 Å². The summed E-state index contributed by atoms with van der Waals surface area (Å²) in [5, 5.41) is 11.0. The van der Waals surface area contributed by atoms with Crippen LogP contribution in [-0.4, -0.2) is 35.2 Å². The SMILES string of the molecule is CC(C)c1ccc(OCC(=O)Nc2nnc(C3CC(=O)N(c4ccc(Cl)cc4)C3)o2)cc1. The summed E-state index contributed by atoms with van der Waals surface area (Å²) in [5.41, 5.74) is 1.95. The quantitative estimate of drug-likeness (QED) is 0.568. The molecule has 4 rings (SSSR count). The van der Waals surface area contributed by atoms with E-state index in [1.54, 1.807) is 29.2 Å². The molecule has 166 valence electrons. The van der Waals surface area contributed by atoms with Crippen molar-refractivity contribution in [2.24, 2.45) is 0 Å². The first-order chi connectivity index (χ1) is 15.4. The zero-order chi connectivity index (χ0) is 22.7. The summed E-state index contributed by atoms with van der Waals surface area (Å²) in [6, 6.07) is 14.6. The first kappa shape index (κ1) is 21.8. The van der Waals surface area contributed by atoms with E-state index in [9.17, 15) is 9.59 Å². The number of ether oxygens (including phenoxy) is 1. The second kappa shape index (κ2) is 9.40. The number of halogens is 1. The Bertz CT molecular complexity index is 1100. The monoisotopic (exact) mass is 454 g/mol. The van der Waals surface area contributed by atoms with Crippen LogP contribution in [0.25, 0.3) is 0 Å². The van der Waals surface area contributed by atoms with Gasteiger partial charge in [0.25, 0.3) is 5.91 Å². The molecule has 1 aliphatic heterocycles. The van der Waals surface area contributed by atoms with Gasteiger partial charge in [-0.15, -0.1) is 5.10 Å². The van der Waals surface area contributed by atoms with Crippen LogP contribution < -0.4 is 15.0 Å². The van der Waals surface area contributed by atoms with Crippen molar-refractivity contribution < 1.29 is 18.7 Å². The standard InChI is InChI=1S/C23H23ClN4O4/c1-14(2)15-3-9-19(10-4-15)31-13-20(29)25-23-27-26-22(32-23)16-11-21(30)28(12-16)18-7-5-17(24)6-8-18/h3-10,14,16H,11-13H2,1-2H3,(H,25,27,29). The van der Waals surface area contributed by atoms with E-state index in [0.29, 0.717) is 29.1 Å². The van der Waals surface area contributed by atoms with Gasteiger partial charge in [-0.3, -0.25) is 14.9 Å². The molecule has 2 amide bonds. The molecule has 0 spiro atoms. The van der Waals surface area contributed by atoms with Crippen molar-refractivity contribution >= 4 is 35.1 Å². The maximum atomic E-state index is 12.4. The molecule has 1 aliphatic rings. The second-order valence-electron chi connectivity index (χ2n) is 7.89. The van der Waals surface area contributed by atoms with Gasteiger partial charge in [0.05, 0.1) is 5.92 Å². The van der Waals surface area contributed by atoms with E-state index in [0.717, 1.165) is 5.69 Å². The van der Waals surface area contributed by atoms with Crippen LogP contribution in [0.3, 0.4) is 0 Å². The van der Waals surface area contributed by atoms with E-state index in [2.05, 4.69) is 29.4 Å². The lowest BCUT2D eigenvalue weighted by atomic mass is 10.0. The van der Waals surface area contributed by atoms with Gasteiger partial charge < -0.3 is 14.1 Å². The largest absolute Gasteiger partial charge is 0.484 e. The fraction of sp³-hybridized carbons (Fsp3) is 0.304. The highest BCUT2D eigenvalue weighted by Gasteiger charge is 2.35. The molecule has 1 saturated heterocycles. The molecule has 2 aromatic carbocycles. The Morgan fingerprint density at radius 1 is 1.19 bits per heavy atom. The zero-order valence-corrected chi connectivity index (χ0v) is 18.5. The topological polar surface area (TPSA) is 97.6 Å². The third kappa shape index (κ3) is 5.08. The lowest BCUT2D eigenvalue weighted by Gasteiger charge is -2.16. The van der Waals surface area contributed by atoms with Gasteiger partial charge in [-0.05, 0) is 47.9 Å². The summed E-state index contributed by atoms with van der Waals surface area (Å²) in [7, 11) is 0. The predicted molar refractivity (Wildman–Crippen MR) is 120 cm³/mol. The molecule has 1 atom stereocenters. The summed E-state index contributed by atoms with van der Waals surface area (Å²) in [6.45, 7) is 4.44. The van der Waals surface area contributed by atoms with Crippen LogP contribution in [0.1, 0.15) is 43.6 Å². The van der Waals surface area contributed by atoms with Crippen molar-refractivity contribution in [3.63, 3.8) is 0 Å². The van der Waals surface area contributed by atoms with Crippen molar-refractivity contribution in [1.82, 2.24) is 10.2 Å². The number of carbonyl (C=O) groups is 2. The van der Waals surface area contributed by atoms with Crippen molar-refractivity contribution in [1.29, 1.82) is 0 Å². The molecule has 0 aliphatic carbocycles. The molecule has 0 bridgehead atoms. The van der Waals surface area contributed by atoms with E-state index >= 15 is 0 Å². The van der Waals surface area contributed by atoms with Gasteiger partial charge in [0, 0.05) is 23.7 Å². The van der Waals surface area contributed by atoms with E-state index in [1.807, 2.05) is 24.3 Å². The van der Waals surface area contributed by atoms with Crippen LogP contribution in [0, 0.1) is 0 Å². The molecule has 3 aromatic rings. The number of amides is 2. The van der Waals surface area contributed by atoms with E-state index in [1.165, 1.54) is 5.56 Å². The van der Waals surface area contributed by atoms with E-state index in [-0.39, 0.29) is 30.9 Å². The van der Waals surface area contributed by atoms with Gasteiger partial charge >= 0.3 is 6.01 Å². The number of hydrogen-bond donors (Lipinski definition) is 1. The Kier molecular flexibility index (Phi) is 6.41. The van der Waals surface area contributed by atoms with Gasteiger partial charge in [0.1, 0.15) is 5.75 Å². The van der Waals surface area contributed by atoms with E-state index < -0.39 is 5.91 Å². The first-order valence-electron chi connectivity index (χ1n) is 10.3. The summed E-state index contributed by atoms with van der Waals surface area (Å²) in [4.78, 5) is 26.2. The third-order valence-electron chi connectivity index (χ3n) is 5.22. The maximum absolute atomic E-state index is 12.4. The summed E-state index contributed by atoms with van der Waals surface area (Å²) in [5.74, 6) is 0.605. The minimum Gasteiger partial charge on any atom is -0.484 e. The molecular formula is C23H23ClN4O4. The van der Waals surface area contributed by atoms with Gasteiger partial charge in [0.15, 0.2) is 6.61 Å². The minimum atomic E-state index is -0.418. The molecule has 1 N–H and O–H groups in total. The first-order valence-corrected chi connectivity index (χ1v) is 10.7. The van der Waals surface area contributed by atoms with Crippen molar-refractivity contribution in [2.45, 2.75) is 32.1 Å². The number of nitrogens with one attached hydrogen (secondary N) is 1. The van der Waals surface area contributed by atoms with Crippen LogP contribution in [0.4, 0.5) is 11.7 Å². The molecule has 0 saturated carbocycles. The Morgan fingerprint density at radius 3 is 2.59 bits per heavy atom. The second-order valence-corrected chi connectivity index (χ2v) is 8.32. The van der Waals surface area contributed by atoms with Crippen LogP contribution in [0.15, 0.2) is 52.9 Å². The average Bonchev–Trinajstić information content (AvgIpc) is 3.39. The zero-order valence-electron chi connectivity index (χ0n) is 17.7. The summed E-state index contributed by atoms with van der Waals surface area (Å²) >= 11 is 5.92. The number of benzene rings is 2. The number of aromatic nitrogens is 2. The average molecular weight is 455 g/mol. The molecule has 8 nitrogen and oxygen atoms in total. The van der Waals surface area contributed by atoms with Crippen LogP contribution >= 0.6 is 11.6 Å². The molecule has 1 fully saturated rings. The fourth-order valence-electron chi connectivity index (χ4n) is 3.45. The number of anilines is 2. The highest BCUT2D eigenvalue weighted by atomic mass is 35.5. The Hall–Kier alpha value is -3.39. The molecule has 32 heavy (non-hydrogen) atoms. The smallest absolute Gasteiger partial charge is 0.322 e. The maximum Gasteiger partial charge on any atom is 0.322 e. The normalized spacial score (nSPS) is 15.9. The van der Waals surface area contributed by atoms with Crippen LogP contribution in [0.2, 0.25) is 5.02 Å². The Morgan fingerprint density at radius 2 is 1.91 bits per heavy atom. The summed E-state index contributed by atoms with van der Waals surface area (Å²) < 4.78 is 11.1. The van der Waals surface area contributed by atoms with Crippen molar-refractivity contribution in [3.8, 4) is 5.75 Å². The predicted octanol–water partition coefficient (Wildman–Crippen LogP) is 4.38. The van der Waals surface area contributed by atoms with Crippen LogP contribution in [0.5, 0.6) is 5.75 Å². The van der Waals surface area contributed by atoms with Crippen LogP contribution in [-0.2, 0) is 9.59 Å². The number of rotatable bonds is 7. The Balaban J connectivity index is 1.31.